The summed E-state index contributed by atoms with van der Waals surface area (Å²) in [6.07, 6.45) is 0.937. The van der Waals surface area contributed by atoms with Crippen LogP contribution in [0.3, 0.4) is 0 Å². The van der Waals surface area contributed by atoms with E-state index in [1.807, 2.05) is 18.2 Å². The minimum atomic E-state index is -0.186. The first-order valence-electron chi connectivity index (χ1n) is 7.72. The molecule has 1 aliphatic heterocycles. The number of fused-ring (bicyclic) bond motifs is 1. The van der Waals surface area contributed by atoms with Crippen molar-refractivity contribution in [3.8, 4) is 11.8 Å². The molecule has 7 heteroatoms. The van der Waals surface area contributed by atoms with E-state index in [-0.39, 0.29) is 24.4 Å². The fraction of sp³-hybridized carbons (Fsp3) is 0.353. The third-order valence-electron chi connectivity index (χ3n) is 4.01. The number of ether oxygens (including phenoxy) is 2. The largest absolute Gasteiger partial charge is 0.481 e. The van der Waals surface area contributed by atoms with Crippen LogP contribution in [0.4, 0.5) is 11.6 Å². The third kappa shape index (κ3) is 3.24. The highest BCUT2D eigenvalue weighted by Gasteiger charge is 2.27. The molecule has 1 aromatic heterocycles. The molecule has 7 nitrogen and oxygen atoms in total. The topological polar surface area (TPSA) is 76.6 Å². The van der Waals surface area contributed by atoms with E-state index in [0.29, 0.717) is 11.8 Å². The predicted molar refractivity (Wildman–Crippen MR) is 90.7 cm³/mol. The second-order valence-electron chi connectivity index (χ2n) is 5.63. The second-order valence-corrected chi connectivity index (χ2v) is 5.63. The number of hydrogen-bond acceptors (Lipinski definition) is 6. The molecular formula is C17H20N4O3. The molecule has 1 N–H and O–H groups in total. The molecule has 0 fully saturated rings. The van der Waals surface area contributed by atoms with Crippen molar-refractivity contribution in [3.63, 3.8) is 0 Å². The minimum Gasteiger partial charge on any atom is -0.481 e. The van der Waals surface area contributed by atoms with Gasteiger partial charge in [0.1, 0.15) is 0 Å². The monoisotopic (exact) mass is 328 g/mol. The number of para-hydroxylation sites is 1. The minimum absolute atomic E-state index is 0.163. The lowest BCUT2D eigenvalue weighted by molar-refractivity contribution is -0.115. The second kappa shape index (κ2) is 6.74. The molecule has 0 aliphatic carbocycles. The molecule has 0 saturated heterocycles. The lowest BCUT2D eigenvalue weighted by atomic mass is 10.1. The van der Waals surface area contributed by atoms with Crippen LogP contribution in [0.2, 0.25) is 0 Å². The molecule has 0 spiro atoms. The highest BCUT2D eigenvalue weighted by molar-refractivity contribution is 5.93. The first-order chi connectivity index (χ1) is 11.6. The van der Waals surface area contributed by atoms with Crippen molar-refractivity contribution in [1.82, 2.24) is 9.97 Å². The van der Waals surface area contributed by atoms with Gasteiger partial charge in [0, 0.05) is 11.7 Å². The predicted octanol–water partition coefficient (Wildman–Crippen LogP) is 1.88. The fourth-order valence-electron chi connectivity index (χ4n) is 2.86. The Kier molecular flexibility index (Phi) is 4.50. The average Bonchev–Trinajstić information content (AvgIpc) is 2.90. The zero-order chi connectivity index (χ0) is 17.1. The van der Waals surface area contributed by atoms with Crippen molar-refractivity contribution in [2.24, 2.45) is 0 Å². The first kappa shape index (κ1) is 16.0. The van der Waals surface area contributed by atoms with Crippen LogP contribution in [0.15, 0.2) is 30.3 Å². The summed E-state index contributed by atoms with van der Waals surface area (Å²) >= 11 is 0. The number of hydrogen-bond donors (Lipinski definition) is 1. The van der Waals surface area contributed by atoms with Crippen LogP contribution in [0.5, 0.6) is 11.8 Å². The van der Waals surface area contributed by atoms with E-state index in [0.717, 1.165) is 12.1 Å². The van der Waals surface area contributed by atoms with Gasteiger partial charge < -0.3 is 14.4 Å². The van der Waals surface area contributed by atoms with Gasteiger partial charge in [0.05, 0.1) is 26.8 Å². The first-order valence-corrected chi connectivity index (χ1v) is 7.72. The van der Waals surface area contributed by atoms with E-state index in [2.05, 4.69) is 33.2 Å². The van der Waals surface area contributed by atoms with E-state index >= 15 is 0 Å². The van der Waals surface area contributed by atoms with Gasteiger partial charge in [-0.25, -0.2) is 0 Å². The quantitative estimate of drug-likeness (QED) is 0.903. The standard InChI is InChI=1S/C17H20N4O3/c1-11-8-12-6-4-5-7-13(12)21(11)10-14(22)18-17-19-15(23-2)9-16(20-17)24-3/h4-7,9,11H,8,10H2,1-3H3,(H,18,19,20,22). The smallest absolute Gasteiger partial charge is 0.246 e. The summed E-state index contributed by atoms with van der Waals surface area (Å²) in [4.78, 5) is 22.7. The van der Waals surface area contributed by atoms with Crippen LogP contribution in [-0.4, -0.2) is 42.7 Å². The Labute approximate surface area is 140 Å². The Morgan fingerprint density at radius 2 is 1.92 bits per heavy atom. The maximum Gasteiger partial charge on any atom is 0.246 e. The van der Waals surface area contributed by atoms with Crippen molar-refractivity contribution >= 4 is 17.5 Å². The summed E-state index contributed by atoms with van der Waals surface area (Å²) in [6.45, 7) is 2.35. The highest BCUT2D eigenvalue weighted by Crippen LogP contribution is 2.31. The number of carbonyl (C=O) groups is 1. The van der Waals surface area contributed by atoms with Crippen molar-refractivity contribution in [3.05, 3.63) is 35.9 Å². The van der Waals surface area contributed by atoms with Gasteiger partial charge in [-0.3, -0.25) is 10.1 Å². The zero-order valence-electron chi connectivity index (χ0n) is 13.9. The molecule has 2 heterocycles. The molecule has 1 aromatic carbocycles. The molecule has 0 radical (unpaired) electrons. The van der Waals surface area contributed by atoms with Gasteiger partial charge in [0.15, 0.2) is 0 Å². The maximum atomic E-state index is 12.4. The average molecular weight is 328 g/mol. The van der Waals surface area contributed by atoms with Gasteiger partial charge in [0.25, 0.3) is 0 Å². The van der Waals surface area contributed by atoms with E-state index in [1.165, 1.54) is 19.8 Å². The van der Waals surface area contributed by atoms with E-state index in [1.54, 1.807) is 6.07 Å². The molecule has 126 valence electrons. The molecule has 1 amide bonds. The molecule has 2 aromatic rings. The molecule has 0 bridgehead atoms. The van der Waals surface area contributed by atoms with E-state index in [4.69, 9.17) is 9.47 Å². The molecule has 1 unspecified atom stereocenters. The number of rotatable bonds is 5. The van der Waals surface area contributed by atoms with Gasteiger partial charge in [-0.05, 0) is 25.0 Å². The Morgan fingerprint density at radius 1 is 1.25 bits per heavy atom. The zero-order valence-corrected chi connectivity index (χ0v) is 13.9. The van der Waals surface area contributed by atoms with Gasteiger partial charge in [0.2, 0.25) is 23.6 Å². The summed E-state index contributed by atoms with van der Waals surface area (Å²) in [5, 5.41) is 2.71. The number of benzene rings is 1. The van der Waals surface area contributed by atoms with E-state index in [9.17, 15) is 4.79 Å². The van der Waals surface area contributed by atoms with Gasteiger partial charge >= 0.3 is 0 Å². The summed E-state index contributed by atoms with van der Waals surface area (Å²) in [7, 11) is 2.99. The Hall–Kier alpha value is -2.83. The summed E-state index contributed by atoms with van der Waals surface area (Å²) < 4.78 is 10.2. The number of carbonyl (C=O) groups excluding carboxylic acids is 1. The number of nitrogens with zero attached hydrogens (tertiary/aromatic N) is 3. The number of anilines is 2. The normalized spacial score (nSPS) is 15.8. The number of aromatic nitrogens is 2. The molecule has 0 saturated carbocycles. The van der Waals surface area contributed by atoms with Gasteiger partial charge in [-0.2, -0.15) is 9.97 Å². The maximum absolute atomic E-state index is 12.4. The number of nitrogens with one attached hydrogen (secondary N) is 1. The summed E-state index contributed by atoms with van der Waals surface area (Å²) in [5.74, 6) is 0.638. The highest BCUT2D eigenvalue weighted by atomic mass is 16.5. The van der Waals surface area contributed by atoms with Crippen molar-refractivity contribution in [1.29, 1.82) is 0 Å². The third-order valence-corrected chi connectivity index (χ3v) is 4.01. The molecule has 1 atom stereocenters. The lowest BCUT2D eigenvalue weighted by Crippen LogP contribution is -2.37. The molecular weight excluding hydrogens is 308 g/mol. The van der Waals surface area contributed by atoms with E-state index < -0.39 is 0 Å². The van der Waals surface area contributed by atoms with Crippen LogP contribution in [0.25, 0.3) is 0 Å². The summed E-state index contributed by atoms with van der Waals surface area (Å²) in [5.41, 5.74) is 2.36. The molecule has 1 aliphatic rings. The van der Waals surface area contributed by atoms with Crippen LogP contribution in [-0.2, 0) is 11.2 Å². The SMILES string of the molecule is COc1cc(OC)nc(NC(=O)CN2c3ccccc3CC2C)n1. The number of methoxy groups -OCH3 is 2. The van der Waals surface area contributed by atoms with Gasteiger partial charge in [-0.15, -0.1) is 0 Å². The van der Waals surface area contributed by atoms with Crippen LogP contribution < -0.4 is 19.7 Å². The van der Waals surface area contributed by atoms with Crippen molar-refractivity contribution in [2.75, 3.05) is 31.0 Å². The Morgan fingerprint density at radius 3 is 2.58 bits per heavy atom. The Bertz CT molecular complexity index is 728. The van der Waals surface area contributed by atoms with Crippen LogP contribution in [0.1, 0.15) is 12.5 Å². The van der Waals surface area contributed by atoms with Crippen molar-refractivity contribution in [2.45, 2.75) is 19.4 Å². The van der Waals surface area contributed by atoms with Crippen LogP contribution in [0, 0.1) is 0 Å². The summed E-state index contributed by atoms with van der Waals surface area (Å²) in [6, 6.07) is 9.96. The molecule has 24 heavy (non-hydrogen) atoms. The molecule has 3 rings (SSSR count). The Balaban J connectivity index is 1.72. The van der Waals surface area contributed by atoms with Gasteiger partial charge in [-0.1, -0.05) is 18.2 Å². The number of amides is 1. The fourth-order valence-corrected chi connectivity index (χ4v) is 2.86. The lowest BCUT2D eigenvalue weighted by Gasteiger charge is -2.24. The van der Waals surface area contributed by atoms with Crippen LogP contribution >= 0.6 is 0 Å². The van der Waals surface area contributed by atoms with Crippen molar-refractivity contribution < 1.29 is 14.3 Å².